The monoisotopic (exact) mass is 553 g/mol. The number of benzene rings is 1. The Bertz CT molecular complexity index is 1180. The van der Waals surface area contributed by atoms with E-state index in [0.717, 1.165) is 66.9 Å². The summed E-state index contributed by atoms with van der Waals surface area (Å²) in [5.74, 6) is 2.44. The van der Waals surface area contributed by atoms with E-state index in [1.165, 1.54) is 18.4 Å². The van der Waals surface area contributed by atoms with Gasteiger partial charge in [-0.3, -0.25) is 0 Å². The van der Waals surface area contributed by atoms with Gasteiger partial charge >= 0.3 is 6.09 Å². The molecule has 5 aliphatic rings. The van der Waals surface area contributed by atoms with Gasteiger partial charge in [-0.25, -0.2) is 4.79 Å². The summed E-state index contributed by atoms with van der Waals surface area (Å²) in [6, 6.07) is 4.25. The van der Waals surface area contributed by atoms with Crippen LogP contribution in [0.1, 0.15) is 63.5 Å². The van der Waals surface area contributed by atoms with Gasteiger partial charge in [-0.1, -0.05) is 26.5 Å². The van der Waals surface area contributed by atoms with E-state index in [2.05, 4.69) is 38.9 Å². The molecule has 8 nitrogen and oxygen atoms in total. The van der Waals surface area contributed by atoms with Crippen LogP contribution in [0.15, 0.2) is 24.3 Å². The quantitative estimate of drug-likeness (QED) is 0.234. The molecular weight excluding hydrogens is 504 g/mol. The van der Waals surface area contributed by atoms with Gasteiger partial charge in [-0.2, -0.15) is 0 Å². The summed E-state index contributed by atoms with van der Waals surface area (Å²) in [5, 5.41) is 16.1. The number of nitrogens with zero attached hydrogens (tertiary/aromatic N) is 2. The molecule has 1 spiro atoms. The van der Waals surface area contributed by atoms with Gasteiger partial charge in [0, 0.05) is 57.0 Å². The second-order valence-corrected chi connectivity index (χ2v) is 14.2. The number of carbonyl (C=O) groups is 1. The van der Waals surface area contributed by atoms with Crippen LogP contribution < -0.4 is 20.5 Å². The zero-order chi connectivity index (χ0) is 28.4. The minimum absolute atomic E-state index is 0.107. The van der Waals surface area contributed by atoms with Gasteiger partial charge < -0.3 is 35.0 Å². The zero-order valence-electron chi connectivity index (χ0n) is 24.9. The molecule has 6 rings (SSSR count). The Morgan fingerprint density at radius 2 is 2.12 bits per heavy atom. The maximum atomic E-state index is 13.1. The Hall–Kier alpha value is -2.13. The highest BCUT2D eigenvalue weighted by Crippen LogP contribution is 2.67. The molecule has 3 fully saturated rings. The molecule has 4 N–H and O–H groups in total. The number of aliphatic hydroxyl groups is 1. The predicted octanol–water partition coefficient (Wildman–Crippen LogP) is 3.35. The van der Waals surface area contributed by atoms with Crippen LogP contribution in [0.25, 0.3) is 0 Å². The third-order valence-electron chi connectivity index (χ3n) is 10.7. The zero-order valence-corrected chi connectivity index (χ0v) is 24.9. The highest BCUT2D eigenvalue weighted by molar-refractivity contribution is 5.73. The number of amides is 1. The molecule has 0 aromatic heterocycles. The molecule has 220 valence electrons. The number of quaternary nitrogens is 1. The Labute approximate surface area is 239 Å². The molecule has 0 radical (unpaired) electrons. The first-order valence-corrected chi connectivity index (χ1v) is 15.4. The minimum atomic E-state index is -0.861. The highest BCUT2D eigenvalue weighted by Gasteiger charge is 2.75. The molecule has 1 aromatic rings. The van der Waals surface area contributed by atoms with Crippen LogP contribution in [0.3, 0.4) is 0 Å². The van der Waals surface area contributed by atoms with Crippen LogP contribution in [-0.2, 0) is 11.8 Å². The van der Waals surface area contributed by atoms with Crippen LogP contribution >= 0.6 is 0 Å². The van der Waals surface area contributed by atoms with Crippen LogP contribution in [0.5, 0.6) is 11.5 Å². The number of hydrogen-bond donors (Lipinski definition) is 3. The lowest BCUT2D eigenvalue weighted by Crippen LogP contribution is -2.80. The topological polar surface area (TPSA) is 97.1 Å². The Morgan fingerprint density at radius 1 is 1.35 bits per heavy atom. The average molecular weight is 554 g/mol. The van der Waals surface area contributed by atoms with Gasteiger partial charge in [0.25, 0.3) is 0 Å². The van der Waals surface area contributed by atoms with Crippen LogP contribution in [0.4, 0.5) is 4.79 Å². The second-order valence-electron chi connectivity index (χ2n) is 14.2. The van der Waals surface area contributed by atoms with Gasteiger partial charge in [0.15, 0.2) is 11.5 Å². The molecule has 40 heavy (non-hydrogen) atoms. The Morgan fingerprint density at radius 3 is 2.85 bits per heavy atom. The first kappa shape index (κ1) is 28.0. The van der Waals surface area contributed by atoms with E-state index < -0.39 is 17.1 Å². The van der Waals surface area contributed by atoms with Crippen molar-refractivity contribution < 1.29 is 23.9 Å². The predicted molar refractivity (Wildman–Crippen MR) is 156 cm³/mol. The number of rotatable bonds is 10. The summed E-state index contributed by atoms with van der Waals surface area (Å²) in [7, 11) is 4.12. The summed E-state index contributed by atoms with van der Waals surface area (Å²) in [6.45, 7) is 12.8. The van der Waals surface area contributed by atoms with E-state index in [1.54, 1.807) is 11.9 Å². The number of likely N-dealkylation sites (N-methyl/N-ethyl adjacent to an activating group) is 2. The summed E-state index contributed by atoms with van der Waals surface area (Å²) in [5.41, 5.74) is 8.13. The smallest absolute Gasteiger partial charge is 0.415 e. The first-order valence-electron chi connectivity index (χ1n) is 15.4. The number of nitrogens with two attached hydrogens (primary N) is 1. The third-order valence-corrected chi connectivity index (χ3v) is 10.7. The molecule has 6 atom stereocenters. The first-order chi connectivity index (χ1) is 19.0. The fourth-order valence-corrected chi connectivity index (χ4v) is 8.62. The Balaban J connectivity index is 1.22. The normalized spacial score (nSPS) is 34.3. The summed E-state index contributed by atoms with van der Waals surface area (Å²) < 4.78 is 13.6. The van der Waals surface area contributed by atoms with Crippen LogP contribution in [0, 0.1) is 11.8 Å². The summed E-state index contributed by atoms with van der Waals surface area (Å²) >= 11 is 0. The molecule has 2 aliphatic heterocycles. The molecule has 3 aliphatic carbocycles. The molecule has 2 heterocycles. The van der Waals surface area contributed by atoms with Crippen molar-refractivity contribution in [3.8, 4) is 11.5 Å². The number of piperidine rings is 1. The van der Waals surface area contributed by atoms with Crippen molar-refractivity contribution in [2.24, 2.45) is 17.6 Å². The summed E-state index contributed by atoms with van der Waals surface area (Å²) in [4.78, 5) is 14.7. The minimum Gasteiger partial charge on any atom is -0.481 e. The van der Waals surface area contributed by atoms with Crippen molar-refractivity contribution in [3.05, 3.63) is 35.4 Å². The average Bonchev–Trinajstić information content (AvgIpc) is 3.62. The van der Waals surface area contributed by atoms with Crippen molar-refractivity contribution in [3.63, 3.8) is 0 Å². The van der Waals surface area contributed by atoms with Gasteiger partial charge in [0.1, 0.15) is 17.7 Å². The molecule has 1 saturated heterocycles. The molecule has 1 aromatic carbocycles. The third kappa shape index (κ3) is 4.37. The van der Waals surface area contributed by atoms with Crippen molar-refractivity contribution in [1.82, 2.24) is 10.2 Å². The second kappa shape index (κ2) is 10.0. The Kier molecular flexibility index (Phi) is 7.00. The molecule has 8 heteroatoms. The van der Waals surface area contributed by atoms with E-state index in [-0.39, 0.29) is 18.2 Å². The number of likely N-dealkylation sites (tertiary alicyclic amines) is 1. The van der Waals surface area contributed by atoms with Crippen molar-refractivity contribution >= 4 is 6.09 Å². The SMILES string of the molecule is C=C1CC[C@@]2(O)[C@H]3Cc4ccc(OC(=O)N(C)CCNC[C@@H](N)CC(C)C)c5c4[C@@]2(CC[N+]3(C)CC2CC2)[C@H]1O5. The molecule has 2 saturated carbocycles. The molecule has 1 amide bonds. The van der Waals surface area contributed by atoms with E-state index in [9.17, 15) is 9.90 Å². The molecular formula is C32H49N4O4+. The fraction of sp³-hybridized carbons (Fsp3) is 0.719. The van der Waals surface area contributed by atoms with Gasteiger partial charge in [0.05, 0.1) is 25.6 Å². The fourth-order valence-electron chi connectivity index (χ4n) is 8.62. The lowest BCUT2D eigenvalue weighted by atomic mass is 9.48. The van der Waals surface area contributed by atoms with E-state index >= 15 is 0 Å². The highest BCUT2D eigenvalue weighted by atomic mass is 16.6. The van der Waals surface area contributed by atoms with Gasteiger partial charge in [-0.15, -0.1) is 0 Å². The van der Waals surface area contributed by atoms with Gasteiger partial charge in [-0.05, 0) is 55.2 Å². The largest absolute Gasteiger partial charge is 0.481 e. The number of carbonyl (C=O) groups excluding carboxylic acids is 1. The van der Waals surface area contributed by atoms with Gasteiger partial charge in [0.2, 0.25) is 0 Å². The number of nitrogens with one attached hydrogen (secondary N) is 1. The van der Waals surface area contributed by atoms with Crippen LogP contribution in [-0.4, -0.2) is 91.2 Å². The van der Waals surface area contributed by atoms with Crippen molar-refractivity contribution in [1.29, 1.82) is 0 Å². The standard InChI is InChI=1S/C32H49N4O4/c1-20(2)16-24(33)18-34-13-14-35(4)30(37)39-25-9-8-23-17-26-32(38)11-10-21(3)29-31(32,27(23)28(25)40-29)12-15-36(26,5)19-22-6-7-22/h8-9,20,22,24,26,29,34,38H,3,6-7,10-19,33H2,1-2,4-5H3/q+1/t24-,26+,29-,31-,32+,36?/m0/s1. The molecule has 2 bridgehead atoms. The maximum Gasteiger partial charge on any atom is 0.415 e. The summed E-state index contributed by atoms with van der Waals surface area (Å²) in [6.07, 6.45) is 6.06. The van der Waals surface area contributed by atoms with Crippen molar-refractivity contribution in [2.45, 2.75) is 88.0 Å². The van der Waals surface area contributed by atoms with E-state index in [0.29, 0.717) is 36.9 Å². The van der Waals surface area contributed by atoms with Crippen LogP contribution in [0.2, 0.25) is 0 Å². The van der Waals surface area contributed by atoms with E-state index in [1.807, 2.05) is 6.07 Å². The maximum absolute atomic E-state index is 13.1. The van der Waals surface area contributed by atoms with Crippen molar-refractivity contribution in [2.75, 3.05) is 46.8 Å². The molecule has 1 unspecified atom stereocenters. The number of ether oxygens (including phenoxy) is 2. The number of hydrogen-bond acceptors (Lipinski definition) is 6. The lowest BCUT2D eigenvalue weighted by Gasteiger charge is -2.65. The van der Waals surface area contributed by atoms with E-state index in [4.69, 9.17) is 15.2 Å². The lowest BCUT2D eigenvalue weighted by molar-refractivity contribution is -0.950.